The second-order valence-corrected chi connectivity index (χ2v) is 8.56. The highest BCUT2D eigenvalue weighted by molar-refractivity contribution is 5.97. The minimum atomic E-state index is -0.418. The number of carbonyl (C=O) groups excluding carboxylic acids is 1. The summed E-state index contributed by atoms with van der Waals surface area (Å²) in [5, 5.41) is 3.40. The highest BCUT2D eigenvalue weighted by Crippen LogP contribution is 2.19. The number of aromatic nitrogens is 2. The third-order valence-electron chi connectivity index (χ3n) is 6.36. The molecule has 7 heteroatoms. The molecule has 1 amide bonds. The van der Waals surface area contributed by atoms with Crippen LogP contribution in [0.15, 0.2) is 27.8 Å². The molecule has 0 radical (unpaired) electrons. The predicted molar refractivity (Wildman–Crippen MR) is 125 cm³/mol. The van der Waals surface area contributed by atoms with Gasteiger partial charge >= 0.3 is 5.69 Å². The molecule has 31 heavy (non-hydrogen) atoms. The van der Waals surface area contributed by atoms with Crippen molar-refractivity contribution in [1.29, 1.82) is 0 Å². The summed E-state index contributed by atoms with van der Waals surface area (Å²) in [5.41, 5.74) is 0.149. The van der Waals surface area contributed by atoms with E-state index >= 15 is 0 Å². The fourth-order valence-electron chi connectivity index (χ4n) is 4.52. The number of unbranched alkanes of at least 4 members (excludes halogenated alkanes) is 2. The van der Waals surface area contributed by atoms with Crippen molar-refractivity contribution in [3.05, 3.63) is 44.6 Å². The number of nitrogens with one attached hydrogen (secondary N) is 2. The molecule has 7 nitrogen and oxygen atoms in total. The van der Waals surface area contributed by atoms with Gasteiger partial charge in [0.1, 0.15) is 0 Å². The van der Waals surface area contributed by atoms with Gasteiger partial charge in [-0.15, -0.1) is 0 Å². The Labute approximate surface area is 183 Å². The van der Waals surface area contributed by atoms with Gasteiger partial charge in [0.05, 0.1) is 10.9 Å². The summed E-state index contributed by atoms with van der Waals surface area (Å²) in [6.45, 7) is 7.50. The van der Waals surface area contributed by atoms with Crippen molar-refractivity contribution < 1.29 is 4.79 Å². The van der Waals surface area contributed by atoms with Crippen molar-refractivity contribution in [2.45, 2.75) is 77.8 Å². The lowest BCUT2D eigenvalue weighted by Gasteiger charge is -2.35. The zero-order chi connectivity index (χ0) is 22.2. The maximum absolute atomic E-state index is 12.7. The molecule has 1 saturated heterocycles. The number of fused-ring (bicyclic) bond motifs is 1. The topological polar surface area (TPSA) is 87.2 Å². The first kappa shape index (κ1) is 23.3. The van der Waals surface area contributed by atoms with E-state index < -0.39 is 5.69 Å². The Kier molecular flexibility index (Phi) is 8.46. The van der Waals surface area contributed by atoms with E-state index in [-0.39, 0.29) is 11.5 Å². The Morgan fingerprint density at radius 2 is 1.97 bits per heavy atom. The number of benzene rings is 1. The van der Waals surface area contributed by atoms with Gasteiger partial charge in [0.15, 0.2) is 0 Å². The molecule has 1 atom stereocenters. The maximum atomic E-state index is 12.7. The van der Waals surface area contributed by atoms with E-state index in [4.69, 9.17) is 0 Å². The molecule has 2 N–H and O–H groups in total. The summed E-state index contributed by atoms with van der Waals surface area (Å²) in [7, 11) is 0. The van der Waals surface area contributed by atoms with Crippen LogP contribution in [0.1, 0.15) is 75.6 Å². The van der Waals surface area contributed by atoms with Crippen LogP contribution < -0.4 is 16.6 Å². The number of hydrogen-bond donors (Lipinski definition) is 2. The van der Waals surface area contributed by atoms with Crippen LogP contribution in [-0.2, 0) is 6.54 Å². The third kappa shape index (κ3) is 5.85. The van der Waals surface area contributed by atoms with E-state index in [1.54, 1.807) is 18.2 Å². The minimum Gasteiger partial charge on any atom is -0.352 e. The van der Waals surface area contributed by atoms with E-state index in [0.717, 1.165) is 38.8 Å². The summed E-state index contributed by atoms with van der Waals surface area (Å²) < 4.78 is 1.25. The number of carbonyl (C=O) groups is 1. The van der Waals surface area contributed by atoms with Gasteiger partial charge in [-0.25, -0.2) is 4.79 Å². The second kappa shape index (κ2) is 11.3. The zero-order valence-electron chi connectivity index (χ0n) is 18.9. The molecular formula is C24H36N4O3. The first-order chi connectivity index (χ1) is 15.0. The molecule has 170 valence electrons. The number of hydrogen-bond acceptors (Lipinski definition) is 4. The van der Waals surface area contributed by atoms with E-state index in [2.05, 4.69) is 29.0 Å². The van der Waals surface area contributed by atoms with Crippen molar-refractivity contribution >= 4 is 16.8 Å². The lowest BCUT2D eigenvalue weighted by atomic mass is 10.00. The van der Waals surface area contributed by atoms with Crippen molar-refractivity contribution in [3.8, 4) is 0 Å². The quantitative estimate of drug-likeness (QED) is 0.569. The van der Waals surface area contributed by atoms with E-state index in [0.29, 0.717) is 35.6 Å². The average molecular weight is 429 g/mol. The van der Waals surface area contributed by atoms with Crippen LogP contribution in [0.25, 0.3) is 10.9 Å². The van der Waals surface area contributed by atoms with Gasteiger partial charge in [0, 0.05) is 31.2 Å². The molecule has 0 bridgehead atoms. The number of rotatable bonds is 10. The number of H-pyrrole nitrogens is 1. The van der Waals surface area contributed by atoms with Crippen LogP contribution in [0.4, 0.5) is 0 Å². The van der Waals surface area contributed by atoms with Gasteiger partial charge in [-0.3, -0.25) is 14.2 Å². The molecule has 1 aromatic carbocycles. The smallest absolute Gasteiger partial charge is 0.328 e. The Morgan fingerprint density at radius 3 is 2.74 bits per heavy atom. The lowest BCUT2D eigenvalue weighted by molar-refractivity contribution is 0.0947. The van der Waals surface area contributed by atoms with Gasteiger partial charge in [-0.1, -0.05) is 33.1 Å². The highest BCUT2D eigenvalue weighted by atomic mass is 16.2. The van der Waals surface area contributed by atoms with Gasteiger partial charge in [-0.2, -0.15) is 0 Å². The average Bonchev–Trinajstić information content (AvgIpc) is 2.78. The Morgan fingerprint density at radius 1 is 1.13 bits per heavy atom. The van der Waals surface area contributed by atoms with Gasteiger partial charge in [-0.05, 0) is 56.8 Å². The number of amides is 1. The van der Waals surface area contributed by atoms with Crippen molar-refractivity contribution in [2.75, 3.05) is 19.6 Å². The molecular weight excluding hydrogens is 392 g/mol. The van der Waals surface area contributed by atoms with Gasteiger partial charge < -0.3 is 15.2 Å². The predicted octanol–water partition coefficient (Wildman–Crippen LogP) is 3.26. The molecule has 3 rings (SSSR count). The van der Waals surface area contributed by atoms with E-state index in [9.17, 15) is 14.4 Å². The normalized spacial score (nSPS) is 17.2. The van der Waals surface area contributed by atoms with Crippen LogP contribution in [0, 0.1) is 0 Å². The van der Waals surface area contributed by atoms with Crippen molar-refractivity contribution in [3.63, 3.8) is 0 Å². The summed E-state index contributed by atoms with van der Waals surface area (Å²) in [6, 6.07) is 5.57. The summed E-state index contributed by atoms with van der Waals surface area (Å²) in [5.74, 6) is -0.180. The molecule has 1 aliphatic heterocycles. The minimum absolute atomic E-state index is 0.180. The third-order valence-corrected chi connectivity index (χ3v) is 6.36. The highest BCUT2D eigenvalue weighted by Gasteiger charge is 2.20. The van der Waals surface area contributed by atoms with Crippen molar-refractivity contribution in [1.82, 2.24) is 19.8 Å². The lowest BCUT2D eigenvalue weighted by Crippen LogP contribution is -2.40. The first-order valence-corrected chi connectivity index (χ1v) is 11.8. The number of likely N-dealkylation sites (tertiary alicyclic amines) is 1. The Bertz CT molecular complexity index is 994. The van der Waals surface area contributed by atoms with Crippen LogP contribution in [0.2, 0.25) is 0 Å². The largest absolute Gasteiger partial charge is 0.352 e. The molecule has 0 saturated carbocycles. The standard InChI is InChI=1S/C24H36N4O3/c1-3-5-7-16-28-23(30)20-12-11-18(17-21(20)26-24(28)31)22(29)25-13-9-15-27-14-8-6-10-19(27)4-2/h11-12,17,19H,3-10,13-16H2,1-2H3,(H,25,29)(H,26,31)/t19-/m0/s1. The number of nitrogens with zero attached hydrogens (tertiary/aromatic N) is 2. The van der Waals surface area contributed by atoms with Crippen LogP contribution >= 0.6 is 0 Å². The Balaban J connectivity index is 1.60. The maximum Gasteiger partial charge on any atom is 0.328 e. The monoisotopic (exact) mass is 428 g/mol. The van der Waals surface area contributed by atoms with E-state index in [1.807, 2.05) is 0 Å². The summed E-state index contributed by atoms with van der Waals surface area (Å²) in [6.07, 6.45) is 8.74. The fourth-order valence-corrected chi connectivity index (χ4v) is 4.52. The van der Waals surface area contributed by atoms with Crippen LogP contribution in [-0.4, -0.2) is 46.0 Å². The van der Waals surface area contributed by atoms with E-state index in [1.165, 1.54) is 30.3 Å². The molecule has 2 aromatic rings. The van der Waals surface area contributed by atoms with Gasteiger partial charge in [0.25, 0.3) is 11.5 Å². The fraction of sp³-hybridized carbons (Fsp3) is 0.625. The molecule has 1 aliphatic rings. The molecule has 1 fully saturated rings. The zero-order valence-corrected chi connectivity index (χ0v) is 18.9. The Hall–Kier alpha value is -2.41. The van der Waals surface area contributed by atoms with Gasteiger partial charge in [0.2, 0.25) is 0 Å². The number of piperidine rings is 1. The molecule has 0 unspecified atom stereocenters. The van der Waals surface area contributed by atoms with Crippen LogP contribution in [0.3, 0.4) is 0 Å². The number of aromatic amines is 1. The molecule has 1 aromatic heterocycles. The van der Waals surface area contributed by atoms with Crippen LogP contribution in [0.5, 0.6) is 0 Å². The second-order valence-electron chi connectivity index (χ2n) is 8.56. The molecule has 0 aliphatic carbocycles. The summed E-state index contributed by atoms with van der Waals surface area (Å²) >= 11 is 0. The summed E-state index contributed by atoms with van der Waals surface area (Å²) in [4.78, 5) is 42.9. The first-order valence-electron chi connectivity index (χ1n) is 11.8. The molecule has 2 heterocycles. The SMILES string of the molecule is CCCCCn1c(=O)[nH]c2cc(C(=O)NCCCN3CCCC[C@@H]3CC)ccc2c1=O. The van der Waals surface area contributed by atoms with Crippen molar-refractivity contribution in [2.24, 2.45) is 0 Å². The molecule has 0 spiro atoms.